The van der Waals surface area contributed by atoms with Crippen molar-refractivity contribution in [1.82, 2.24) is 14.9 Å². The quantitative estimate of drug-likeness (QED) is 0.435. The van der Waals surface area contributed by atoms with Gasteiger partial charge in [0.15, 0.2) is 0 Å². The van der Waals surface area contributed by atoms with Crippen molar-refractivity contribution in [1.29, 1.82) is 0 Å². The number of aliphatic carboxylic acids is 1. The Balaban J connectivity index is 1.40. The molecule has 1 aliphatic rings. The van der Waals surface area contributed by atoms with Crippen molar-refractivity contribution in [3.63, 3.8) is 0 Å². The number of aromatic nitrogens is 1. The molecule has 34 heavy (non-hydrogen) atoms. The minimum absolute atomic E-state index is 0.162. The second-order valence-corrected chi connectivity index (χ2v) is 7.97. The number of nitrogens with zero attached hydrogens (tertiary/aromatic N) is 3. The Kier molecular flexibility index (Phi) is 6.71. The molecule has 2 amide bonds. The average molecular weight is 464 g/mol. The van der Waals surface area contributed by atoms with Crippen LogP contribution in [0.4, 0.5) is 5.82 Å². The van der Waals surface area contributed by atoms with Crippen LogP contribution in [0.15, 0.2) is 54.6 Å². The zero-order valence-corrected chi connectivity index (χ0v) is 18.7. The number of pyridine rings is 1. The molecule has 2 N–H and O–H groups in total. The van der Waals surface area contributed by atoms with Crippen molar-refractivity contribution in [3.8, 4) is 5.75 Å². The summed E-state index contributed by atoms with van der Waals surface area (Å²) in [5.41, 5.74) is 1.07. The fourth-order valence-electron chi connectivity index (χ4n) is 3.41. The predicted octanol–water partition coefficient (Wildman–Crippen LogP) is 2.27. The summed E-state index contributed by atoms with van der Waals surface area (Å²) in [6.07, 6.45) is -1.57. The number of carboxylic acids is 1. The maximum absolute atomic E-state index is 12.4. The summed E-state index contributed by atoms with van der Waals surface area (Å²) in [7, 11) is 3.99. The van der Waals surface area contributed by atoms with Gasteiger partial charge in [-0.15, -0.1) is 5.06 Å². The average Bonchev–Trinajstić information content (AvgIpc) is 3.06. The van der Waals surface area contributed by atoms with Crippen LogP contribution in [0, 0.1) is 0 Å². The van der Waals surface area contributed by atoms with Crippen LogP contribution in [-0.4, -0.2) is 77.7 Å². The van der Waals surface area contributed by atoms with Gasteiger partial charge in [-0.1, -0.05) is 12.1 Å². The van der Waals surface area contributed by atoms with Crippen molar-refractivity contribution >= 4 is 34.5 Å². The van der Waals surface area contributed by atoms with Gasteiger partial charge in [-0.05, 0) is 56.6 Å². The summed E-state index contributed by atoms with van der Waals surface area (Å²) >= 11 is 0. The van der Waals surface area contributed by atoms with Gasteiger partial charge in [0, 0.05) is 18.5 Å². The van der Waals surface area contributed by atoms with E-state index in [4.69, 9.17) is 9.57 Å². The monoisotopic (exact) mass is 464 g/mol. The summed E-state index contributed by atoms with van der Waals surface area (Å²) in [6.45, 7) is 1.22. The van der Waals surface area contributed by atoms with Gasteiger partial charge in [-0.3, -0.25) is 9.59 Å². The molecule has 0 spiro atoms. The third-order valence-corrected chi connectivity index (χ3v) is 5.19. The van der Waals surface area contributed by atoms with E-state index >= 15 is 0 Å². The van der Waals surface area contributed by atoms with Gasteiger partial charge in [0.1, 0.15) is 18.2 Å². The Morgan fingerprint density at radius 3 is 2.44 bits per heavy atom. The van der Waals surface area contributed by atoms with Crippen LogP contribution in [0.3, 0.4) is 0 Å². The highest BCUT2D eigenvalue weighted by Crippen LogP contribution is 2.25. The van der Waals surface area contributed by atoms with Gasteiger partial charge in [-0.25, -0.2) is 14.6 Å². The van der Waals surface area contributed by atoms with E-state index < -0.39 is 30.5 Å². The van der Waals surface area contributed by atoms with Crippen LogP contribution >= 0.6 is 0 Å². The number of benzene rings is 2. The Labute approximate surface area is 195 Å². The lowest BCUT2D eigenvalue weighted by Gasteiger charge is -2.19. The number of fused-ring (bicyclic) bond motifs is 2. The molecule has 0 bridgehead atoms. The Hall–Kier alpha value is -4.02. The molecule has 0 radical (unpaired) electrons. The number of hydroxylamine groups is 2. The topological polar surface area (TPSA) is 121 Å². The van der Waals surface area contributed by atoms with E-state index in [-0.39, 0.29) is 11.1 Å². The Morgan fingerprint density at radius 1 is 1.09 bits per heavy atom. The molecule has 2 heterocycles. The van der Waals surface area contributed by atoms with Crippen LogP contribution in [0.2, 0.25) is 0 Å². The third-order valence-electron chi connectivity index (χ3n) is 5.19. The molecule has 4 rings (SSSR count). The number of carbonyl (C=O) groups excluding carboxylic acids is 2. The van der Waals surface area contributed by atoms with Crippen molar-refractivity contribution in [2.24, 2.45) is 0 Å². The van der Waals surface area contributed by atoms with Gasteiger partial charge in [0.25, 0.3) is 11.8 Å². The number of carbonyl (C=O) groups is 3. The molecule has 1 aliphatic heterocycles. The van der Waals surface area contributed by atoms with Crippen LogP contribution in [0.25, 0.3) is 10.9 Å². The lowest BCUT2D eigenvalue weighted by atomic mass is 10.1. The number of hydrogen-bond acceptors (Lipinski definition) is 8. The highest BCUT2D eigenvalue weighted by molar-refractivity contribution is 6.20. The molecule has 1 aromatic heterocycles. The molecule has 1 atom stereocenters. The highest BCUT2D eigenvalue weighted by Gasteiger charge is 2.39. The summed E-state index contributed by atoms with van der Waals surface area (Å²) in [6, 6.07) is 15.1. The van der Waals surface area contributed by atoms with E-state index in [9.17, 15) is 19.5 Å². The molecule has 1 unspecified atom stereocenters. The molecule has 0 aliphatic carbocycles. The van der Waals surface area contributed by atoms with Crippen molar-refractivity contribution in [2.45, 2.75) is 6.10 Å². The van der Waals surface area contributed by atoms with Gasteiger partial charge >= 0.3 is 5.97 Å². The number of likely N-dealkylation sites (N-methyl/N-ethyl adjacent to an activating group) is 1. The van der Waals surface area contributed by atoms with E-state index in [0.29, 0.717) is 10.8 Å². The van der Waals surface area contributed by atoms with Gasteiger partial charge in [0.05, 0.1) is 16.6 Å². The van der Waals surface area contributed by atoms with Crippen molar-refractivity contribution in [2.75, 3.05) is 39.1 Å². The molecule has 0 saturated carbocycles. The van der Waals surface area contributed by atoms with Crippen LogP contribution < -0.4 is 10.1 Å². The van der Waals surface area contributed by atoms with E-state index in [0.717, 1.165) is 29.8 Å². The molecule has 0 saturated heterocycles. The van der Waals surface area contributed by atoms with Gasteiger partial charge < -0.3 is 20.1 Å². The number of imide groups is 1. The summed E-state index contributed by atoms with van der Waals surface area (Å²) in [5, 5.41) is 14.1. The number of hydrogen-bond donors (Lipinski definition) is 2. The van der Waals surface area contributed by atoms with Crippen LogP contribution in [-0.2, 0) is 9.63 Å². The molecule has 3 aromatic rings. The maximum Gasteiger partial charge on any atom is 0.339 e. The maximum atomic E-state index is 12.4. The lowest BCUT2D eigenvalue weighted by Crippen LogP contribution is -2.41. The summed E-state index contributed by atoms with van der Waals surface area (Å²) in [5.74, 6) is -1.63. The molecule has 10 heteroatoms. The first-order valence-electron chi connectivity index (χ1n) is 10.6. The highest BCUT2D eigenvalue weighted by atomic mass is 16.7. The number of anilines is 1. The molecule has 2 aromatic carbocycles. The lowest BCUT2D eigenvalue weighted by molar-refractivity contribution is -0.178. The molecule has 10 nitrogen and oxygen atoms in total. The molecule has 176 valence electrons. The minimum atomic E-state index is -1.57. The van der Waals surface area contributed by atoms with Gasteiger partial charge in [0.2, 0.25) is 6.10 Å². The standard InChI is InChI=1S/C24H24N4O6/c1-27(2)12-11-25-21-10-7-15-13-16(8-9-19(15)26-21)33-14-20(24(31)32)34-28-22(29)17-5-3-4-6-18(17)23(28)30/h3-10,13,20H,11-12,14H2,1-2H3,(H,25,26)(H,31,32). The second kappa shape index (κ2) is 9.86. The largest absolute Gasteiger partial charge is 0.490 e. The fourth-order valence-corrected chi connectivity index (χ4v) is 3.41. The fraction of sp³-hybridized carbons (Fsp3) is 0.250. The molecule has 0 fully saturated rings. The van der Waals surface area contributed by atoms with Crippen molar-refractivity contribution < 1.29 is 29.1 Å². The number of nitrogens with one attached hydrogen (secondary N) is 1. The third kappa shape index (κ3) is 4.98. The van der Waals surface area contributed by atoms with Crippen molar-refractivity contribution in [3.05, 3.63) is 65.7 Å². The SMILES string of the molecule is CN(C)CCNc1ccc2cc(OCC(ON3C(=O)c4ccccc4C3=O)C(=O)O)ccc2n1. The first-order valence-corrected chi connectivity index (χ1v) is 10.6. The number of ether oxygens (including phenoxy) is 1. The zero-order chi connectivity index (χ0) is 24.2. The number of amides is 2. The molecular weight excluding hydrogens is 440 g/mol. The summed E-state index contributed by atoms with van der Waals surface area (Å²) in [4.78, 5) is 48.5. The van der Waals surface area contributed by atoms with E-state index in [1.54, 1.807) is 30.3 Å². The van der Waals surface area contributed by atoms with E-state index in [1.807, 2.05) is 26.2 Å². The normalized spacial score (nSPS) is 13.9. The Morgan fingerprint density at radius 2 is 1.79 bits per heavy atom. The second-order valence-electron chi connectivity index (χ2n) is 7.97. The van der Waals surface area contributed by atoms with E-state index in [1.165, 1.54) is 12.1 Å². The predicted molar refractivity (Wildman–Crippen MR) is 124 cm³/mol. The van der Waals surface area contributed by atoms with E-state index in [2.05, 4.69) is 15.2 Å². The number of rotatable bonds is 10. The van der Waals surface area contributed by atoms with Crippen LogP contribution in [0.1, 0.15) is 20.7 Å². The minimum Gasteiger partial charge on any atom is -0.490 e. The van der Waals surface area contributed by atoms with Crippen LogP contribution in [0.5, 0.6) is 5.75 Å². The molecular formula is C24H24N4O6. The summed E-state index contributed by atoms with van der Waals surface area (Å²) < 4.78 is 5.61. The Bertz CT molecular complexity index is 1210. The number of carboxylic acid groups (broad SMARTS) is 1. The first kappa shape index (κ1) is 23.1. The zero-order valence-electron chi connectivity index (χ0n) is 18.7. The van der Waals surface area contributed by atoms with Gasteiger partial charge in [-0.2, -0.15) is 0 Å². The smallest absolute Gasteiger partial charge is 0.339 e. The first-order chi connectivity index (χ1) is 16.3.